The van der Waals surface area contributed by atoms with E-state index in [-0.39, 0.29) is 30.2 Å². The molecule has 0 atom stereocenters. The molecule has 2 amide bonds. The first-order valence-electron chi connectivity index (χ1n) is 12.0. The number of anilines is 1. The quantitative estimate of drug-likeness (QED) is 0.415. The average Bonchev–Trinajstić information content (AvgIpc) is 2.88. The van der Waals surface area contributed by atoms with E-state index in [1.807, 2.05) is 42.5 Å². The van der Waals surface area contributed by atoms with Gasteiger partial charge in [-0.05, 0) is 54.8 Å². The number of nitrogens with zero attached hydrogens (tertiary/aromatic N) is 1. The number of rotatable bonds is 5. The smallest absolute Gasteiger partial charge is 0.265 e. The number of para-hydroxylation sites is 1. The molecule has 2 aliphatic rings. The topological polar surface area (TPSA) is 49.4 Å². The minimum Gasteiger partial charge on any atom is -0.349 e. The highest BCUT2D eigenvalue weighted by molar-refractivity contribution is 8.04. The van der Waals surface area contributed by atoms with Crippen LogP contribution in [0.1, 0.15) is 53.6 Å². The van der Waals surface area contributed by atoms with Crippen LogP contribution in [0.3, 0.4) is 0 Å². The summed E-state index contributed by atoms with van der Waals surface area (Å²) in [5, 5.41) is 3.14. The van der Waals surface area contributed by atoms with E-state index < -0.39 is 0 Å². The number of fused-ring (bicyclic) bond motifs is 1. The molecule has 1 saturated carbocycles. The molecule has 1 aliphatic carbocycles. The standard InChI is InChI=1S/C29H27FN2O2S/c30-24-11-5-4-8-22(24)19-32-25-12-6-7-13-26(25)35-27(29(32)34)18-20-14-16-21(17-15-20)28(33)31-23-9-2-1-3-10-23/h4-8,11-18,23H,1-3,9-10,19H2,(H,31,33). The summed E-state index contributed by atoms with van der Waals surface area (Å²) in [6, 6.07) is 21.8. The van der Waals surface area contributed by atoms with Crippen LogP contribution in [-0.4, -0.2) is 17.9 Å². The lowest BCUT2D eigenvalue weighted by molar-refractivity contribution is -0.114. The predicted octanol–water partition coefficient (Wildman–Crippen LogP) is 6.57. The molecule has 0 unspecified atom stereocenters. The summed E-state index contributed by atoms with van der Waals surface area (Å²) in [7, 11) is 0. The van der Waals surface area contributed by atoms with Crippen molar-refractivity contribution in [3.05, 3.63) is 100 Å². The Morgan fingerprint density at radius 3 is 2.46 bits per heavy atom. The molecule has 35 heavy (non-hydrogen) atoms. The fourth-order valence-electron chi connectivity index (χ4n) is 4.61. The minimum atomic E-state index is -0.330. The number of hydrogen-bond acceptors (Lipinski definition) is 3. The van der Waals surface area contributed by atoms with Crippen molar-refractivity contribution in [3.8, 4) is 0 Å². The van der Waals surface area contributed by atoms with Crippen molar-refractivity contribution in [1.82, 2.24) is 5.32 Å². The van der Waals surface area contributed by atoms with E-state index in [9.17, 15) is 14.0 Å². The highest BCUT2D eigenvalue weighted by Gasteiger charge is 2.29. The lowest BCUT2D eigenvalue weighted by Gasteiger charge is -2.30. The van der Waals surface area contributed by atoms with Crippen molar-refractivity contribution in [3.63, 3.8) is 0 Å². The predicted molar refractivity (Wildman–Crippen MR) is 139 cm³/mol. The second-order valence-electron chi connectivity index (χ2n) is 8.99. The third-order valence-electron chi connectivity index (χ3n) is 6.53. The first-order valence-corrected chi connectivity index (χ1v) is 12.8. The van der Waals surface area contributed by atoms with E-state index in [0.717, 1.165) is 29.0 Å². The van der Waals surface area contributed by atoms with E-state index in [0.29, 0.717) is 16.0 Å². The van der Waals surface area contributed by atoms with Gasteiger partial charge in [-0.25, -0.2) is 4.39 Å². The van der Waals surface area contributed by atoms with Crippen LogP contribution in [0.25, 0.3) is 6.08 Å². The average molecular weight is 487 g/mol. The first-order chi connectivity index (χ1) is 17.1. The largest absolute Gasteiger partial charge is 0.349 e. The van der Waals surface area contributed by atoms with Gasteiger partial charge in [-0.15, -0.1) is 0 Å². The van der Waals surface area contributed by atoms with Crippen molar-refractivity contribution >= 4 is 35.3 Å². The molecule has 1 fully saturated rings. The summed E-state index contributed by atoms with van der Waals surface area (Å²) in [5.41, 5.74) is 2.69. The lowest BCUT2D eigenvalue weighted by Crippen LogP contribution is -2.36. The summed E-state index contributed by atoms with van der Waals surface area (Å²) < 4.78 is 14.4. The third kappa shape index (κ3) is 5.33. The number of thioether (sulfide) groups is 1. The van der Waals surface area contributed by atoms with Crippen molar-refractivity contribution in [1.29, 1.82) is 0 Å². The lowest BCUT2D eigenvalue weighted by atomic mass is 9.95. The molecule has 0 radical (unpaired) electrons. The van der Waals surface area contributed by atoms with Gasteiger partial charge in [0.05, 0.1) is 17.1 Å². The van der Waals surface area contributed by atoms with Gasteiger partial charge in [0.15, 0.2) is 0 Å². The Hall–Kier alpha value is -3.38. The Morgan fingerprint density at radius 1 is 0.971 bits per heavy atom. The van der Waals surface area contributed by atoms with Crippen molar-refractivity contribution in [2.24, 2.45) is 0 Å². The minimum absolute atomic E-state index is 0.0517. The van der Waals surface area contributed by atoms with Gasteiger partial charge in [0.1, 0.15) is 5.82 Å². The van der Waals surface area contributed by atoms with Gasteiger partial charge < -0.3 is 10.2 Å². The van der Waals surface area contributed by atoms with Crippen LogP contribution in [0, 0.1) is 5.82 Å². The molecule has 0 saturated heterocycles. The van der Waals surface area contributed by atoms with Crippen LogP contribution in [0.4, 0.5) is 10.1 Å². The number of hydrogen-bond donors (Lipinski definition) is 1. The van der Waals surface area contributed by atoms with Crippen LogP contribution in [0.15, 0.2) is 82.6 Å². The summed E-state index contributed by atoms with van der Waals surface area (Å²) >= 11 is 1.41. The summed E-state index contributed by atoms with van der Waals surface area (Å²) in [6.45, 7) is 0.153. The second kappa shape index (κ2) is 10.5. The van der Waals surface area contributed by atoms with Gasteiger partial charge in [-0.1, -0.05) is 73.5 Å². The van der Waals surface area contributed by atoms with Crippen LogP contribution in [0.2, 0.25) is 0 Å². The third-order valence-corrected chi connectivity index (χ3v) is 7.61. The molecule has 0 bridgehead atoms. The van der Waals surface area contributed by atoms with Crippen LogP contribution >= 0.6 is 11.8 Å². The van der Waals surface area contributed by atoms with E-state index >= 15 is 0 Å². The molecule has 1 aliphatic heterocycles. The fraction of sp³-hybridized carbons (Fsp3) is 0.241. The maximum atomic E-state index is 14.4. The number of benzene rings is 3. The summed E-state index contributed by atoms with van der Waals surface area (Å²) in [4.78, 5) is 29.2. The monoisotopic (exact) mass is 486 g/mol. The highest BCUT2D eigenvalue weighted by Crippen LogP contribution is 2.42. The van der Waals surface area contributed by atoms with Gasteiger partial charge in [-0.2, -0.15) is 0 Å². The summed E-state index contributed by atoms with van der Waals surface area (Å²) in [6.07, 6.45) is 7.50. The SMILES string of the molecule is O=C(NC1CCCCC1)c1ccc(C=C2Sc3ccccc3N(Cc3ccccc3F)C2=O)cc1. The summed E-state index contributed by atoms with van der Waals surface area (Å²) in [5.74, 6) is -0.552. The van der Waals surface area contributed by atoms with Crippen LogP contribution < -0.4 is 10.2 Å². The normalized spacial score (nSPS) is 17.3. The van der Waals surface area contributed by atoms with Gasteiger partial charge in [0.25, 0.3) is 11.8 Å². The van der Waals surface area contributed by atoms with E-state index in [4.69, 9.17) is 0 Å². The zero-order valence-corrected chi connectivity index (χ0v) is 20.2. The van der Waals surface area contributed by atoms with Crippen molar-refractivity contribution < 1.29 is 14.0 Å². The van der Waals surface area contributed by atoms with Gasteiger partial charge in [0.2, 0.25) is 0 Å². The molecule has 4 nitrogen and oxygen atoms in total. The van der Waals surface area contributed by atoms with Crippen LogP contribution in [-0.2, 0) is 11.3 Å². The molecule has 0 spiro atoms. The number of amides is 2. The number of nitrogens with one attached hydrogen (secondary N) is 1. The second-order valence-corrected chi connectivity index (χ2v) is 10.1. The number of halogens is 1. The van der Waals surface area contributed by atoms with Gasteiger partial charge in [0, 0.05) is 22.1 Å². The van der Waals surface area contributed by atoms with Gasteiger partial charge in [-0.3, -0.25) is 9.59 Å². The molecule has 6 heteroatoms. The Kier molecular flexibility index (Phi) is 7.00. The van der Waals surface area contributed by atoms with E-state index in [1.165, 1.54) is 37.1 Å². The Bertz CT molecular complexity index is 1270. The first kappa shape index (κ1) is 23.4. The molecule has 1 heterocycles. The Balaban J connectivity index is 1.36. The molecule has 3 aromatic rings. The Labute approximate surface area is 209 Å². The highest BCUT2D eigenvalue weighted by atomic mass is 32.2. The molecule has 3 aromatic carbocycles. The molecule has 0 aromatic heterocycles. The molecule has 178 valence electrons. The zero-order chi connectivity index (χ0) is 24.2. The fourth-order valence-corrected chi connectivity index (χ4v) is 5.67. The molecular weight excluding hydrogens is 459 g/mol. The number of carbonyl (C=O) groups excluding carboxylic acids is 2. The Morgan fingerprint density at radius 2 is 1.69 bits per heavy atom. The maximum absolute atomic E-state index is 14.4. The molecular formula is C29H27FN2O2S. The van der Waals surface area contributed by atoms with Crippen molar-refractivity contribution in [2.45, 2.75) is 49.6 Å². The zero-order valence-electron chi connectivity index (χ0n) is 19.4. The van der Waals surface area contributed by atoms with Crippen molar-refractivity contribution in [2.75, 3.05) is 4.90 Å². The van der Waals surface area contributed by atoms with E-state index in [2.05, 4.69) is 5.32 Å². The van der Waals surface area contributed by atoms with Gasteiger partial charge >= 0.3 is 0 Å². The van der Waals surface area contributed by atoms with Crippen LogP contribution in [0.5, 0.6) is 0 Å². The number of carbonyl (C=O) groups is 2. The maximum Gasteiger partial charge on any atom is 0.265 e. The molecule has 1 N–H and O–H groups in total. The molecule has 5 rings (SSSR count). The van der Waals surface area contributed by atoms with E-state index in [1.54, 1.807) is 35.2 Å².